The Morgan fingerprint density at radius 3 is 2.67 bits per heavy atom. The first-order valence-corrected chi connectivity index (χ1v) is 10.8. The van der Waals surface area contributed by atoms with Crippen LogP contribution in [-0.2, 0) is 23.2 Å². The van der Waals surface area contributed by atoms with Gasteiger partial charge >= 0.3 is 0 Å². The predicted molar refractivity (Wildman–Crippen MR) is 105 cm³/mol. The van der Waals surface area contributed by atoms with Gasteiger partial charge in [-0.05, 0) is 51.4 Å². The van der Waals surface area contributed by atoms with Gasteiger partial charge in [-0.15, -0.1) is 10.2 Å². The third-order valence-electron chi connectivity index (χ3n) is 6.66. The predicted octanol–water partition coefficient (Wildman–Crippen LogP) is 1.01. The second kappa shape index (κ2) is 7.48. The summed E-state index contributed by atoms with van der Waals surface area (Å²) in [6, 6.07) is 0. The largest absolute Gasteiger partial charge is 0.349 e. The zero-order valence-corrected chi connectivity index (χ0v) is 17.3. The van der Waals surface area contributed by atoms with Gasteiger partial charge in [0.05, 0.1) is 0 Å². The molecule has 0 unspecified atom stereocenters. The molecule has 1 spiro atoms. The number of fused-ring (bicyclic) bond motifs is 2. The molecule has 2 aromatic heterocycles. The molecule has 1 saturated carbocycles. The third-order valence-corrected chi connectivity index (χ3v) is 6.66. The van der Waals surface area contributed by atoms with Crippen molar-refractivity contribution in [3.05, 3.63) is 23.4 Å². The summed E-state index contributed by atoms with van der Waals surface area (Å²) in [5.41, 5.74) is -0.113. The molecule has 1 N–H and O–H groups in total. The number of nitrogens with one attached hydrogen (secondary N) is 1. The number of aryl methyl sites for hydroxylation is 1. The van der Waals surface area contributed by atoms with Crippen molar-refractivity contribution in [1.29, 1.82) is 0 Å². The summed E-state index contributed by atoms with van der Waals surface area (Å²) in [5, 5.41) is 15.4. The monoisotopic (exact) mass is 413 g/mol. The Labute approximate surface area is 174 Å². The topological polar surface area (TPSA) is 119 Å². The van der Waals surface area contributed by atoms with Gasteiger partial charge in [-0.1, -0.05) is 5.16 Å². The van der Waals surface area contributed by atoms with Crippen LogP contribution in [0, 0.1) is 12.8 Å². The summed E-state index contributed by atoms with van der Waals surface area (Å²) < 4.78 is 7.08. The van der Waals surface area contributed by atoms with E-state index in [0.717, 1.165) is 44.6 Å². The first-order valence-electron chi connectivity index (χ1n) is 10.8. The van der Waals surface area contributed by atoms with Gasteiger partial charge in [0.2, 0.25) is 17.6 Å². The third kappa shape index (κ3) is 3.59. The van der Waals surface area contributed by atoms with Gasteiger partial charge in [-0.2, -0.15) is 4.98 Å². The maximum absolute atomic E-state index is 12.6. The summed E-state index contributed by atoms with van der Waals surface area (Å²) in [6.07, 6.45) is 6.18. The number of nitrogens with zero attached hydrogens (tertiary/aromatic N) is 6. The Balaban J connectivity index is 1.26. The Morgan fingerprint density at radius 2 is 1.97 bits per heavy atom. The first kappa shape index (κ1) is 19.2. The van der Waals surface area contributed by atoms with E-state index in [1.54, 1.807) is 6.92 Å². The van der Waals surface area contributed by atoms with Crippen molar-refractivity contribution in [2.75, 3.05) is 19.6 Å². The second-order valence-corrected chi connectivity index (χ2v) is 8.83. The highest BCUT2D eigenvalue weighted by Crippen LogP contribution is 2.42. The molecule has 2 fully saturated rings. The Morgan fingerprint density at radius 1 is 1.17 bits per heavy atom. The van der Waals surface area contributed by atoms with Crippen LogP contribution in [0.25, 0.3) is 0 Å². The van der Waals surface area contributed by atoms with E-state index >= 15 is 0 Å². The van der Waals surface area contributed by atoms with Gasteiger partial charge in [-0.3, -0.25) is 9.59 Å². The molecule has 160 valence electrons. The summed E-state index contributed by atoms with van der Waals surface area (Å²) >= 11 is 0. The fraction of sp³-hybridized carbons (Fsp3) is 0.700. The summed E-state index contributed by atoms with van der Waals surface area (Å²) in [4.78, 5) is 31.2. The number of aromatic nitrogens is 5. The number of carbonyl (C=O) groups excluding carboxylic acids is 2. The molecule has 10 heteroatoms. The zero-order chi connectivity index (χ0) is 20.7. The normalized spacial score (nSPS) is 20.2. The van der Waals surface area contributed by atoms with Crippen LogP contribution in [0.3, 0.4) is 0 Å². The van der Waals surface area contributed by atoms with E-state index in [4.69, 9.17) is 4.52 Å². The standard InChI is InChI=1S/C20H27N7O3/c1-13-22-15(30-25-13)11-16(28)26-9-6-20(7-10-26)5-2-8-27-17(23-24-19(20)27)18(29)21-12-14-3-4-14/h14H,2-12H2,1H3,(H,21,29). The van der Waals surface area contributed by atoms with E-state index in [9.17, 15) is 9.59 Å². The van der Waals surface area contributed by atoms with Gasteiger partial charge < -0.3 is 19.3 Å². The van der Waals surface area contributed by atoms with Crippen molar-refractivity contribution in [2.24, 2.45) is 5.92 Å². The molecule has 0 bridgehead atoms. The maximum Gasteiger partial charge on any atom is 0.289 e. The molecule has 2 amide bonds. The quantitative estimate of drug-likeness (QED) is 0.777. The van der Waals surface area contributed by atoms with Crippen molar-refractivity contribution >= 4 is 11.8 Å². The second-order valence-electron chi connectivity index (χ2n) is 8.83. The van der Waals surface area contributed by atoms with Crippen LogP contribution < -0.4 is 5.32 Å². The lowest BCUT2D eigenvalue weighted by Crippen LogP contribution is -2.48. The van der Waals surface area contributed by atoms with E-state index in [0.29, 0.717) is 36.5 Å². The SMILES string of the molecule is Cc1noc(CC(=O)N2CCC3(CCCn4c(C(=O)NCC5CC5)nnc43)CC2)n1. The molecule has 0 radical (unpaired) electrons. The molecule has 1 aliphatic carbocycles. The molecule has 10 nitrogen and oxygen atoms in total. The number of rotatable bonds is 5. The smallest absolute Gasteiger partial charge is 0.289 e. The highest BCUT2D eigenvalue weighted by atomic mass is 16.5. The molecule has 0 aromatic carbocycles. The zero-order valence-electron chi connectivity index (χ0n) is 17.3. The van der Waals surface area contributed by atoms with Crippen LogP contribution in [0.1, 0.15) is 66.7 Å². The van der Waals surface area contributed by atoms with Gasteiger partial charge in [0.15, 0.2) is 5.82 Å². The summed E-state index contributed by atoms with van der Waals surface area (Å²) in [6.45, 7) is 4.55. The number of carbonyl (C=O) groups is 2. The molecule has 1 saturated heterocycles. The van der Waals surface area contributed by atoms with Gasteiger partial charge in [-0.25, -0.2) is 0 Å². The van der Waals surface area contributed by atoms with Crippen LogP contribution >= 0.6 is 0 Å². The summed E-state index contributed by atoms with van der Waals surface area (Å²) in [5.74, 6) is 2.74. The Kier molecular flexibility index (Phi) is 4.79. The number of hydrogen-bond donors (Lipinski definition) is 1. The molecular formula is C20H27N7O3. The van der Waals surface area contributed by atoms with E-state index < -0.39 is 0 Å². The van der Waals surface area contributed by atoms with Crippen molar-refractivity contribution in [3.8, 4) is 0 Å². The number of piperidine rings is 1. The Hall–Kier alpha value is -2.78. The van der Waals surface area contributed by atoms with Crippen molar-refractivity contribution in [3.63, 3.8) is 0 Å². The van der Waals surface area contributed by atoms with Crippen molar-refractivity contribution in [2.45, 2.75) is 63.8 Å². The average Bonchev–Trinajstić information content (AvgIpc) is 3.32. The summed E-state index contributed by atoms with van der Waals surface area (Å²) in [7, 11) is 0. The molecule has 2 aliphatic heterocycles. The molecular weight excluding hydrogens is 386 g/mol. The van der Waals surface area contributed by atoms with Crippen LogP contribution in [0.15, 0.2) is 4.52 Å². The first-order chi connectivity index (χ1) is 14.5. The molecule has 5 rings (SSSR count). The lowest BCUT2D eigenvalue weighted by molar-refractivity contribution is -0.132. The number of hydrogen-bond acceptors (Lipinski definition) is 7. The van der Waals surface area contributed by atoms with Gasteiger partial charge in [0, 0.05) is 31.6 Å². The average molecular weight is 413 g/mol. The minimum Gasteiger partial charge on any atom is -0.349 e. The lowest BCUT2D eigenvalue weighted by atomic mass is 9.72. The van der Waals surface area contributed by atoms with Gasteiger partial charge in [0.1, 0.15) is 12.2 Å². The van der Waals surface area contributed by atoms with E-state index in [1.807, 2.05) is 9.47 Å². The van der Waals surface area contributed by atoms with Crippen LogP contribution in [0.5, 0.6) is 0 Å². The molecule has 30 heavy (non-hydrogen) atoms. The minimum atomic E-state index is -0.125. The van der Waals surface area contributed by atoms with E-state index in [-0.39, 0.29) is 23.7 Å². The highest BCUT2D eigenvalue weighted by Gasteiger charge is 2.44. The number of amides is 2. The maximum atomic E-state index is 12.6. The molecule has 0 atom stereocenters. The number of likely N-dealkylation sites (tertiary alicyclic amines) is 1. The van der Waals surface area contributed by atoms with Crippen LogP contribution in [-0.4, -0.2) is 61.3 Å². The van der Waals surface area contributed by atoms with E-state index in [1.165, 1.54) is 12.8 Å². The minimum absolute atomic E-state index is 0.00548. The van der Waals surface area contributed by atoms with Crippen molar-refractivity contribution in [1.82, 2.24) is 35.1 Å². The molecule has 2 aromatic rings. The lowest BCUT2D eigenvalue weighted by Gasteiger charge is -2.43. The van der Waals surface area contributed by atoms with E-state index in [2.05, 4.69) is 25.7 Å². The van der Waals surface area contributed by atoms with Crippen LogP contribution in [0.4, 0.5) is 0 Å². The fourth-order valence-electron chi connectivity index (χ4n) is 4.71. The van der Waals surface area contributed by atoms with Gasteiger partial charge in [0.25, 0.3) is 5.91 Å². The molecule has 3 aliphatic rings. The Bertz CT molecular complexity index is 954. The van der Waals surface area contributed by atoms with Crippen LogP contribution in [0.2, 0.25) is 0 Å². The molecule has 4 heterocycles. The van der Waals surface area contributed by atoms with Crippen molar-refractivity contribution < 1.29 is 14.1 Å². The highest BCUT2D eigenvalue weighted by molar-refractivity contribution is 5.90. The fourth-order valence-corrected chi connectivity index (χ4v) is 4.71.